The summed E-state index contributed by atoms with van der Waals surface area (Å²) in [6, 6.07) is 16.8. The van der Waals surface area contributed by atoms with Crippen LogP contribution >= 0.6 is 0 Å². The minimum Gasteiger partial charge on any atom is -0.321 e. The molecule has 1 aliphatic rings. The van der Waals surface area contributed by atoms with Gasteiger partial charge in [-0.25, -0.2) is 0 Å². The number of rotatable bonds is 3. The van der Waals surface area contributed by atoms with E-state index >= 15 is 0 Å². The third-order valence-corrected chi connectivity index (χ3v) is 4.15. The van der Waals surface area contributed by atoms with Gasteiger partial charge in [0.05, 0.1) is 0 Å². The van der Waals surface area contributed by atoms with E-state index in [9.17, 15) is 9.59 Å². The lowest BCUT2D eigenvalue weighted by molar-refractivity contribution is -0.122. The third kappa shape index (κ3) is 2.50. The third-order valence-electron chi connectivity index (χ3n) is 4.15. The number of hydrogen-bond donors (Lipinski definition) is 1. The summed E-state index contributed by atoms with van der Waals surface area (Å²) in [5.41, 5.74) is 1.83. The zero-order valence-electron chi connectivity index (χ0n) is 12.9. The standard InChI is InChI=1S/C19H15N3O2/c23-17-9-11-22(17)15-6-3-5-14(12-15)21-19(24)18-16-7-2-1-4-13(16)8-10-20-18/h1-8,10,12H,9,11H2,(H,21,24). The first-order valence-corrected chi connectivity index (χ1v) is 7.78. The lowest BCUT2D eigenvalue weighted by Gasteiger charge is -2.30. The van der Waals surface area contributed by atoms with Crippen LogP contribution in [0.4, 0.5) is 11.4 Å². The number of nitrogens with one attached hydrogen (secondary N) is 1. The van der Waals surface area contributed by atoms with Crippen LogP contribution in [0.3, 0.4) is 0 Å². The van der Waals surface area contributed by atoms with Crippen LogP contribution in [0, 0.1) is 0 Å². The van der Waals surface area contributed by atoms with Gasteiger partial charge in [-0.15, -0.1) is 0 Å². The Kier molecular flexibility index (Phi) is 3.46. The first-order chi connectivity index (χ1) is 11.7. The summed E-state index contributed by atoms with van der Waals surface area (Å²) in [7, 11) is 0. The Balaban J connectivity index is 1.62. The van der Waals surface area contributed by atoms with Gasteiger partial charge >= 0.3 is 0 Å². The molecule has 0 bridgehead atoms. The molecule has 24 heavy (non-hydrogen) atoms. The van der Waals surface area contributed by atoms with Crippen molar-refractivity contribution in [2.75, 3.05) is 16.8 Å². The number of carbonyl (C=O) groups is 2. The molecule has 2 aromatic carbocycles. The van der Waals surface area contributed by atoms with Gasteiger partial charge in [-0.3, -0.25) is 14.6 Å². The van der Waals surface area contributed by atoms with Gasteiger partial charge < -0.3 is 10.2 Å². The maximum Gasteiger partial charge on any atom is 0.274 e. The number of anilines is 2. The van der Waals surface area contributed by atoms with Crippen molar-refractivity contribution in [3.05, 3.63) is 66.5 Å². The Morgan fingerprint density at radius 2 is 1.96 bits per heavy atom. The van der Waals surface area contributed by atoms with Crippen LogP contribution < -0.4 is 10.2 Å². The first kappa shape index (κ1) is 14.4. The van der Waals surface area contributed by atoms with E-state index in [1.807, 2.05) is 42.5 Å². The SMILES string of the molecule is O=C(Nc1cccc(N2CCC2=O)c1)c1nccc2ccccc12. The maximum absolute atomic E-state index is 12.6. The van der Waals surface area contributed by atoms with Crippen LogP contribution in [0.1, 0.15) is 16.9 Å². The van der Waals surface area contributed by atoms with Crippen molar-refractivity contribution in [1.82, 2.24) is 4.98 Å². The second-order valence-electron chi connectivity index (χ2n) is 5.68. The predicted octanol–water partition coefficient (Wildman–Crippen LogP) is 3.22. The fraction of sp³-hybridized carbons (Fsp3) is 0.105. The molecule has 1 aromatic heterocycles. The number of carbonyl (C=O) groups excluding carboxylic acids is 2. The molecule has 0 spiro atoms. The van der Waals surface area contributed by atoms with Crippen molar-refractivity contribution in [3.8, 4) is 0 Å². The Hall–Kier alpha value is -3.21. The van der Waals surface area contributed by atoms with E-state index in [-0.39, 0.29) is 11.8 Å². The van der Waals surface area contributed by atoms with E-state index in [0.717, 1.165) is 23.0 Å². The van der Waals surface area contributed by atoms with Crippen LogP contribution in [-0.2, 0) is 4.79 Å². The summed E-state index contributed by atoms with van der Waals surface area (Å²) in [6.45, 7) is 0.723. The fourth-order valence-corrected chi connectivity index (χ4v) is 2.83. The predicted molar refractivity (Wildman–Crippen MR) is 93.1 cm³/mol. The van der Waals surface area contributed by atoms with Crippen LogP contribution in [0.5, 0.6) is 0 Å². The summed E-state index contributed by atoms with van der Waals surface area (Å²) in [5, 5.41) is 4.65. The number of pyridine rings is 1. The van der Waals surface area contributed by atoms with E-state index in [2.05, 4.69) is 10.3 Å². The van der Waals surface area contributed by atoms with E-state index < -0.39 is 0 Å². The number of fused-ring (bicyclic) bond motifs is 1. The van der Waals surface area contributed by atoms with Gasteiger partial charge in [-0.2, -0.15) is 0 Å². The minimum absolute atomic E-state index is 0.106. The van der Waals surface area contributed by atoms with Gasteiger partial charge in [0.15, 0.2) is 0 Å². The molecule has 118 valence electrons. The molecule has 5 heteroatoms. The van der Waals surface area contributed by atoms with Gasteiger partial charge in [0.1, 0.15) is 5.69 Å². The largest absolute Gasteiger partial charge is 0.321 e. The molecular formula is C19H15N3O2. The molecule has 1 saturated heterocycles. The number of nitrogens with zero attached hydrogens (tertiary/aromatic N) is 2. The summed E-state index contributed by atoms with van der Waals surface area (Å²) >= 11 is 0. The van der Waals surface area contributed by atoms with Crippen LogP contribution in [0.15, 0.2) is 60.8 Å². The van der Waals surface area contributed by atoms with E-state index in [0.29, 0.717) is 17.8 Å². The van der Waals surface area contributed by atoms with Gasteiger partial charge in [0.2, 0.25) is 5.91 Å². The van der Waals surface area contributed by atoms with Gasteiger partial charge in [0.25, 0.3) is 5.91 Å². The van der Waals surface area contributed by atoms with Gasteiger partial charge in [-0.05, 0) is 29.7 Å². The Labute approximate surface area is 138 Å². The van der Waals surface area contributed by atoms with E-state index in [1.165, 1.54) is 0 Å². The highest BCUT2D eigenvalue weighted by molar-refractivity contribution is 6.11. The first-order valence-electron chi connectivity index (χ1n) is 7.78. The Morgan fingerprint density at radius 1 is 1.08 bits per heavy atom. The maximum atomic E-state index is 12.6. The molecule has 0 atom stereocenters. The van der Waals surface area contributed by atoms with Crippen molar-refractivity contribution in [2.45, 2.75) is 6.42 Å². The number of hydrogen-bond acceptors (Lipinski definition) is 3. The highest BCUT2D eigenvalue weighted by Gasteiger charge is 2.25. The van der Waals surface area contributed by atoms with Crippen LogP contribution in [0.25, 0.3) is 10.8 Å². The van der Waals surface area contributed by atoms with E-state index in [4.69, 9.17) is 0 Å². The summed E-state index contributed by atoms with van der Waals surface area (Å²) in [4.78, 5) is 30.1. The molecule has 4 rings (SSSR count). The zero-order valence-corrected chi connectivity index (χ0v) is 12.9. The average Bonchev–Trinajstić information content (AvgIpc) is 2.60. The topological polar surface area (TPSA) is 62.3 Å². The molecule has 1 N–H and O–H groups in total. The summed E-state index contributed by atoms with van der Waals surface area (Å²) < 4.78 is 0. The molecule has 0 saturated carbocycles. The molecule has 5 nitrogen and oxygen atoms in total. The van der Waals surface area contributed by atoms with Crippen molar-refractivity contribution in [2.24, 2.45) is 0 Å². The minimum atomic E-state index is -0.265. The van der Waals surface area contributed by atoms with Gasteiger partial charge in [0, 0.05) is 35.9 Å². The van der Waals surface area contributed by atoms with Crippen molar-refractivity contribution in [1.29, 1.82) is 0 Å². The quantitative estimate of drug-likeness (QED) is 0.754. The summed E-state index contributed by atoms with van der Waals surface area (Å²) in [6.07, 6.45) is 2.21. The van der Waals surface area contributed by atoms with Crippen molar-refractivity contribution < 1.29 is 9.59 Å². The number of aromatic nitrogens is 1. The molecule has 0 aliphatic carbocycles. The lowest BCUT2D eigenvalue weighted by Crippen LogP contribution is -2.43. The highest BCUT2D eigenvalue weighted by Crippen LogP contribution is 2.25. The fourth-order valence-electron chi connectivity index (χ4n) is 2.83. The smallest absolute Gasteiger partial charge is 0.274 e. The lowest BCUT2D eigenvalue weighted by atomic mass is 10.1. The molecule has 3 aromatic rings. The molecule has 2 heterocycles. The van der Waals surface area contributed by atoms with Crippen molar-refractivity contribution in [3.63, 3.8) is 0 Å². The normalized spacial score (nSPS) is 13.7. The monoisotopic (exact) mass is 317 g/mol. The second-order valence-corrected chi connectivity index (χ2v) is 5.68. The second kappa shape index (κ2) is 5.77. The molecule has 0 unspecified atom stereocenters. The molecule has 1 fully saturated rings. The van der Waals surface area contributed by atoms with Crippen molar-refractivity contribution >= 4 is 34.0 Å². The zero-order chi connectivity index (χ0) is 16.5. The number of benzene rings is 2. The van der Waals surface area contributed by atoms with Crippen LogP contribution in [0.2, 0.25) is 0 Å². The average molecular weight is 317 g/mol. The highest BCUT2D eigenvalue weighted by atomic mass is 16.2. The van der Waals surface area contributed by atoms with E-state index in [1.54, 1.807) is 23.2 Å². The molecular weight excluding hydrogens is 302 g/mol. The Morgan fingerprint density at radius 3 is 2.75 bits per heavy atom. The van der Waals surface area contributed by atoms with Gasteiger partial charge in [-0.1, -0.05) is 30.3 Å². The number of β-lactam (4-membered cyclic amide) rings is 1. The molecule has 2 amide bonds. The Bertz CT molecular complexity index is 947. The summed E-state index contributed by atoms with van der Waals surface area (Å²) in [5.74, 6) is -0.159. The number of amides is 2. The molecule has 0 radical (unpaired) electrons. The molecule has 1 aliphatic heterocycles. The van der Waals surface area contributed by atoms with Crippen LogP contribution in [-0.4, -0.2) is 23.3 Å².